The van der Waals surface area contributed by atoms with E-state index >= 15 is 0 Å². The highest BCUT2D eigenvalue weighted by Crippen LogP contribution is 2.26. The van der Waals surface area contributed by atoms with Crippen LogP contribution in [0.1, 0.15) is 55.5 Å². The summed E-state index contributed by atoms with van der Waals surface area (Å²) in [5, 5.41) is 21.0. The first kappa shape index (κ1) is 17.4. The number of rotatable bonds is 4. The summed E-state index contributed by atoms with van der Waals surface area (Å²) < 4.78 is 0. The third kappa shape index (κ3) is 3.81. The number of hydrogen-bond donors (Lipinski definition) is 3. The maximum absolute atomic E-state index is 12.5. The maximum atomic E-state index is 12.5. The third-order valence-electron chi connectivity index (χ3n) is 5.65. The number of hydrogen-bond acceptors (Lipinski definition) is 4. The van der Waals surface area contributed by atoms with Gasteiger partial charge in [0, 0.05) is 17.3 Å². The van der Waals surface area contributed by atoms with Crippen LogP contribution >= 0.6 is 0 Å². The van der Waals surface area contributed by atoms with Gasteiger partial charge >= 0.3 is 0 Å². The Balaban J connectivity index is 1.63. The minimum Gasteiger partial charge on any atom is -0.389 e. The van der Waals surface area contributed by atoms with Crippen LogP contribution in [0.15, 0.2) is 0 Å². The Morgan fingerprint density at radius 2 is 1.96 bits per heavy atom. The molecule has 6 nitrogen and oxygen atoms in total. The molecule has 1 aromatic heterocycles. The van der Waals surface area contributed by atoms with Gasteiger partial charge in [0.2, 0.25) is 5.91 Å². The molecule has 1 aromatic rings. The first-order valence-corrected chi connectivity index (χ1v) is 9.28. The van der Waals surface area contributed by atoms with E-state index in [9.17, 15) is 9.90 Å². The molecule has 0 spiro atoms. The zero-order chi connectivity index (χ0) is 17.1. The van der Waals surface area contributed by atoms with E-state index in [2.05, 4.69) is 20.4 Å². The predicted octanol–water partition coefficient (Wildman–Crippen LogP) is 1.45. The van der Waals surface area contributed by atoms with Crippen LogP contribution in [0.3, 0.4) is 0 Å². The van der Waals surface area contributed by atoms with Crippen molar-refractivity contribution in [2.24, 2.45) is 0 Å². The summed E-state index contributed by atoms with van der Waals surface area (Å²) in [7, 11) is 0. The molecule has 0 bridgehead atoms. The molecule has 1 aliphatic heterocycles. The van der Waals surface area contributed by atoms with Gasteiger partial charge in [0.25, 0.3) is 0 Å². The number of nitrogens with one attached hydrogen (secondary N) is 2. The quantitative estimate of drug-likeness (QED) is 0.728. The van der Waals surface area contributed by atoms with Gasteiger partial charge in [0.1, 0.15) is 0 Å². The van der Waals surface area contributed by atoms with Crippen LogP contribution in [0.2, 0.25) is 0 Å². The number of amides is 1. The largest absolute Gasteiger partial charge is 0.389 e. The number of likely N-dealkylation sites (tertiary alicyclic amines) is 1. The van der Waals surface area contributed by atoms with E-state index in [0.717, 1.165) is 55.7 Å². The Labute approximate surface area is 144 Å². The summed E-state index contributed by atoms with van der Waals surface area (Å²) in [6, 6.07) is 0.0517. The van der Waals surface area contributed by atoms with Gasteiger partial charge in [-0.25, -0.2) is 0 Å². The average molecular weight is 334 g/mol. The molecule has 0 unspecified atom stereocenters. The molecule has 0 aromatic carbocycles. The van der Waals surface area contributed by atoms with E-state index in [-0.39, 0.29) is 18.0 Å². The number of nitrogens with zero attached hydrogens (tertiary/aromatic N) is 2. The highest BCUT2D eigenvalue weighted by molar-refractivity contribution is 5.79. The highest BCUT2D eigenvalue weighted by atomic mass is 16.3. The first-order chi connectivity index (χ1) is 11.6. The number of aryl methyl sites for hydroxylation is 2. The number of aromatic amines is 1. The molecule has 3 atom stereocenters. The Kier molecular flexibility index (Phi) is 5.56. The molecule has 1 saturated heterocycles. The van der Waals surface area contributed by atoms with E-state index in [0.29, 0.717) is 6.42 Å². The van der Waals surface area contributed by atoms with Crippen LogP contribution in [0.4, 0.5) is 0 Å². The van der Waals surface area contributed by atoms with Crippen molar-refractivity contribution in [2.45, 2.75) is 77.0 Å². The molecule has 3 N–H and O–H groups in total. The molecule has 1 aliphatic carbocycles. The molecule has 0 radical (unpaired) electrons. The highest BCUT2D eigenvalue weighted by Gasteiger charge is 2.35. The molecular formula is C18H30N4O2. The van der Waals surface area contributed by atoms with Crippen LogP contribution in [0.25, 0.3) is 0 Å². The van der Waals surface area contributed by atoms with Gasteiger partial charge in [0.05, 0.1) is 24.3 Å². The van der Waals surface area contributed by atoms with E-state index in [4.69, 9.17) is 0 Å². The van der Waals surface area contributed by atoms with Gasteiger partial charge in [0.15, 0.2) is 0 Å². The van der Waals surface area contributed by atoms with Crippen LogP contribution in [-0.4, -0.2) is 57.4 Å². The zero-order valence-electron chi connectivity index (χ0n) is 14.8. The first-order valence-electron chi connectivity index (χ1n) is 9.28. The van der Waals surface area contributed by atoms with Gasteiger partial charge in [-0.15, -0.1) is 0 Å². The molecule has 2 heterocycles. The maximum Gasteiger partial charge on any atom is 0.224 e. The number of aliphatic hydroxyl groups excluding tert-OH is 1. The minimum absolute atomic E-state index is 0.0197. The van der Waals surface area contributed by atoms with Crippen molar-refractivity contribution in [3.8, 4) is 0 Å². The molecule has 2 aliphatic rings. The molecule has 1 amide bonds. The van der Waals surface area contributed by atoms with Crippen molar-refractivity contribution in [2.75, 3.05) is 13.1 Å². The SMILES string of the molecule is Cc1n[nH]c(C)c1CC(=O)N[C@@H]1CCCC[C@@H](N2CCCC2)[C@@H]1O. The second-order valence-electron chi connectivity index (χ2n) is 7.35. The lowest BCUT2D eigenvalue weighted by Crippen LogP contribution is -2.52. The van der Waals surface area contributed by atoms with E-state index in [1.165, 1.54) is 12.8 Å². The van der Waals surface area contributed by atoms with Gasteiger partial charge in [-0.3, -0.25) is 14.8 Å². The Bertz CT molecular complexity index is 546. The van der Waals surface area contributed by atoms with Crippen molar-refractivity contribution in [3.05, 3.63) is 17.0 Å². The summed E-state index contributed by atoms with van der Waals surface area (Å²) in [5.74, 6) is -0.0197. The lowest BCUT2D eigenvalue weighted by molar-refractivity contribution is -0.122. The summed E-state index contributed by atoms with van der Waals surface area (Å²) in [6.45, 7) is 6.01. The lowest BCUT2D eigenvalue weighted by atomic mass is 10.00. The normalized spacial score (nSPS) is 28.7. The molecule has 6 heteroatoms. The Morgan fingerprint density at radius 1 is 1.25 bits per heavy atom. The van der Waals surface area contributed by atoms with Gasteiger partial charge < -0.3 is 10.4 Å². The summed E-state index contributed by atoms with van der Waals surface area (Å²) in [6.07, 6.45) is 6.39. The number of carbonyl (C=O) groups excluding carboxylic acids is 1. The summed E-state index contributed by atoms with van der Waals surface area (Å²) in [5.41, 5.74) is 2.78. The fourth-order valence-corrected chi connectivity index (χ4v) is 4.21. The molecule has 24 heavy (non-hydrogen) atoms. The van der Waals surface area contributed by atoms with Gasteiger partial charge in [-0.2, -0.15) is 5.10 Å². The van der Waals surface area contributed by atoms with Crippen molar-refractivity contribution in [1.29, 1.82) is 0 Å². The Morgan fingerprint density at radius 3 is 2.62 bits per heavy atom. The molecule has 1 saturated carbocycles. The topological polar surface area (TPSA) is 81.2 Å². The van der Waals surface area contributed by atoms with Gasteiger partial charge in [-0.05, 0) is 52.6 Å². The summed E-state index contributed by atoms with van der Waals surface area (Å²) in [4.78, 5) is 14.9. The van der Waals surface area contributed by atoms with Crippen molar-refractivity contribution in [1.82, 2.24) is 20.4 Å². The monoisotopic (exact) mass is 334 g/mol. The second kappa shape index (κ2) is 7.66. The van der Waals surface area contributed by atoms with Crippen LogP contribution < -0.4 is 5.32 Å². The fraction of sp³-hybridized carbons (Fsp3) is 0.778. The molecule has 2 fully saturated rings. The number of aliphatic hydroxyl groups is 1. The number of H-pyrrole nitrogens is 1. The number of carbonyl (C=O) groups is 1. The fourth-order valence-electron chi connectivity index (χ4n) is 4.21. The van der Waals surface area contributed by atoms with Crippen LogP contribution in [-0.2, 0) is 11.2 Å². The minimum atomic E-state index is -0.471. The van der Waals surface area contributed by atoms with E-state index < -0.39 is 6.10 Å². The molecule has 134 valence electrons. The van der Waals surface area contributed by atoms with Crippen molar-refractivity contribution in [3.63, 3.8) is 0 Å². The Hall–Kier alpha value is -1.40. The summed E-state index contributed by atoms with van der Waals surface area (Å²) >= 11 is 0. The molecular weight excluding hydrogens is 304 g/mol. The second-order valence-corrected chi connectivity index (χ2v) is 7.35. The van der Waals surface area contributed by atoms with Crippen LogP contribution in [0.5, 0.6) is 0 Å². The molecule has 3 rings (SSSR count). The van der Waals surface area contributed by atoms with Crippen LogP contribution in [0, 0.1) is 13.8 Å². The van der Waals surface area contributed by atoms with Crippen molar-refractivity contribution >= 4 is 5.91 Å². The predicted molar refractivity (Wildman–Crippen MR) is 92.8 cm³/mol. The average Bonchev–Trinajstić information content (AvgIpc) is 3.14. The third-order valence-corrected chi connectivity index (χ3v) is 5.65. The van der Waals surface area contributed by atoms with E-state index in [1.807, 2.05) is 13.8 Å². The zero-order valence-corrected chi connectivity index (χ0v) is 14.8. The standard InChI is InChI=1S/C18H30N4O2/c1-12-14(13(2)21-20-12)11-17(23)19-15-7-3-4-8-16(18(15)24)22-9-5-6-10-22/h15-16,18,24H,3-11H2,1-2H3,(H,19,23)(H,20,21)/t15-,16-,18-/m1/s1. The van der Waals surface area contributed by atoms with Gasteiger partial charge in [-0.1, -0.05) is 12.8 Å². The van der Waals surface area contributed by atoms with Crippen molar-refractivity contribution < 1.29 is 9.90 Å². The lowest BCUT2D eigenvalue weighted by Gasteiger charge is -2.34. The van der Waals surface area contributed by atoms with E-state index in [1.54, 1.807) is 0 Å². The smallest absolute Gasteiger partial charge is 0.224 e. The number of aromatic nitrogens is 2.